The molecule has 0 aromatic heterocycles. The van der Waals surface area contributed by atoms with Crippen molar-refractivity contribution in [3.8, 4) is 11.1 Å². The van der Waals surface area contributed by atoms with E-state index in [9.17, 15) is 4.39 Å². The van der Waals surface area contributed by atoms with E-state index in [4.69, 9.17) is 0 Å². The third kappa shape index (κ3) is 2.03. The molecule has 0 aliphatic heterocycles. The first-order valence-electron chi connectivity index (χ1n) is 5.20. The highest BCUT2D eigenvalue weighted by Crippen LogP contribution is 2.25. The summed E-state index contributed by atoms with van der Waals surface area (Å²) in [5.74, 6) is -0.226. The molecule has 0 fully saturated rings. The van der Waals surface area contributed by atoms with Gasteiger partial charge in [-0.3, -0.25) is 0 Å². The zero-order valence-corrected chi connectivity index (χ0v) is 9.20. The molecule has 2 rings (SSSR count). The number of aryl methyl sites for hydroxylation is 1. The lowest BCUT2D eigenvalue weighted by Crippen LogP contribution is -1.86. The SMILES string of the molecule is C=Cc1cc(F)cc(-c2ccccc2C)c1. The van der Waals surface area contributed by atoms with E-state index in [1.165, 1.54) is 6.07 Å². The molecule has 80 valence electrons. The maximum absolute atomic E-state index is 13.4. The fourth-order valence-corrected chi connectivity index (χ4v) is 1.78. The van der Waals surface area contributed by atoms with Crippen LogP contribution in [0.15, 0.2) is 49.0 Å². The molecule has 0 radical (unpaired) electrons. The van der Waals surface area contributed by atoms with Gasteiger partial charge in [-0.15, -0.1) is 0 Å². The molecule has 0 aliphatic rings. The van der Waals surface area contributed by atoms with Crippen molar-refractivity contribution < 1.29 is 4.39 Å². The first kappa shape index (κ1) is 10.6. The van der Waals surface area contributed by atoms with E-state index in [-0.39, 0.29) is 5.82 Å². The second kappa shape index (κ2) is 4.31. The summed E-state index contributed by atoms with van der Waals surface area (Å²) in [5.41, 5.74) is 3.90. The molecular formula is C15H13F. The van der Waals surface area contributed by atoms with Crippen molar-refractivity contribution in [3.63, 3.8) is 0 Å². The molecule has 0 amide bonds. The van der Waals surface area contributed by atoms with Crippen molar-refractivity contribution in [2.75, 3.05) is 0 Å². The van der Waals surface area contributed by atoms with Crippen molar-refractivity contribution in [1.29, 1.82) is 0 Å². The molecule has 0 heterocycles. The molecule has 1 heteroatoms. The molecular weight excluding hydrogens is 199 g/mol. The Morgan fingerprint density at radius 2 is 1.88 bits per heavy atom. The van der Waals surface area contributed by atoms with Crippen LogP contribution < -0.4 is 0 Å². The summed E-state index contributed by atoms with van der Waals surface area (Å²) in [6.07, 6.45) is 1.66. The van der Waals surface area contributed by atoms with Gasteiger partial charge in [0.05, 0.1) is 0 Å². The van der Waals surface area contributed by atoms with Crippen molar-refractivity contribution in [2.45, 2.75) is 6.92 Å². The first-order valence-corrected chi connectivity index (χ1v) is 5.20. The van der Waals surface area contributed by atoms with Gasteiger partial charge in [-0.25, -0.2) is 4.39 Å². The van der Waals surface area contributed by atoms with Gasteiger partial charge in [0.25, 0.3) is 0 Å². The molecule has 2 aromatic rings. The van der Waals surface area contributed by atoms with Gasteiger partial charge in [-0.1, -0.05) is 36.9 Å². The minimum atomic E-state index is -0.226. The quantitative estimate of drug-likeness (QED) is 0.690. The third-order valence-electron chi connectivity index (χ3n) is 2.61. The molecule has 0 bridgehead atoms. The van der Waals surface area contributed by atoms with Gasteiger partial charge in [-0.05, 0) is 47.4 Å². The van der Waals surface area contributed by atoms with Crippen molar-refractivity contribution in [2.24, 2.45) is 0 Å². The smallest absolute Gasteiger partial charge is 0.124 e. The number of rotatable bonds is 2. The second-order valence-electron chi connectivity index (χ2n) is 3.79. The van der Waals surface area contributed by atoms with Crippen LogP contribution >= 0.6 is 0 Å². The predicted molar refractivity (Wildman–Crippen MR) is 66.7 cm³/mol. The summed E-state index contributed by atoms with van der Waals surface area (Å²) in [7, 11) is 0. The summed E-state index contributed by atoms with van der Waals surface area (Å²) in [6.45, 7) is 5.68. The van der Waals surface area contributed by atoms with Gasteiger partial charge in [0.2, 0.25) is 0 Å². The number of halogens is 1. The summed E-state index contributed by atoms with van der Waals surface area (Å²) >= 11 is 0. The lowest BCUT2D eigenvalue weighted by Gasteiger charge is -2.07. The molecule has 0 aliphatic carbocycles. The van der Waals surface area contributed by atoms with Crippen LogP contribution in [-0.2, 0) is 0 Å². The average molecular weight is 212 g/mol. The number of hydrogen-bond donors (Lipinski definition) is 0. The number of benzene rings is 2. The minimum Gasteiger partial charge on any atom is -0.207 e. The molecule has 16 heavy (non-hydrogen) atoms. The van der Waals surface area contributed by atoms with Crippen LogP contribution in [0.4, 0.5) is 4.39 Å². The second-order valence-corrected chi connectivity index (χ2v) is 3.79. The molecule has 0 nitrogen and oxygen atoms in total. The van der Waals surface area contributed by atoms with E-state index in [0.717, 1.165) is 22.3 Å². The van der Waals surface area contributed by atoms with E-state index < -0.39 is 0 Å². The Bertz CT molecular complexity index is 527. The highest BCUT2D eigenvalue weighted by Gasteiger charge is 2.03. The third-order valence-corrected chi connectivity index (χ3v) is 2.61. The van der Waals surface area contributed by atoms with Gasteiger partial charge in [0.1, 0.15) is 5.82 Å². The van der Waals surface area contributed by atoms with E-state index in [0.29, 0.717) is 0 Å². The Morgan fingerprint density at radius 1 is 1.12 bits per heavy atom. The van der Waals surface area contributed by atoms with Crippen molar-refractivity contribution in [3.05, 3.63) is 66.0 Å². The Kier molecular flexibility index (Phi) is 2.86. The van der Waals surface area contributed by atoms with E-state index in [2.05, 4.69) is 6.58 Å². The van der Waals surface area contributed by atoms with E-state index in [1.807, 2.05) is 37.3 Å². The first-order chi connectivity index (χ1) is 7.70. The van der Waals surface area contributed by atoms with Crippen LogP contribution in [0.25, 0.3) is 17.2 Å². The van der Waals surface area contributed by atoms with Gasteiger partial charge in [0, 0.05) is 0 Å². The fourth-order valence-electron chi connectivity index (χ4n) is 1.78. The molecule has 0 saturated heterocycles. The van der Waals surface area contributed by atoms with Crippen molar-refractivity contribution >= 4 is 6.08 Å². The van der Waals surface area contributed by atoms with Crippen LogP contribution in [0.5, 0.6) is 0 Å². The molecule has 0 atom stereocenters. The highest BCUT2D eigenvalue weighted by atomic mass is 19.1. The zero-order chi connectivity index (χ0) is 11.5. The lowest BCUT2D eigenvalue weighted by molar-refractivity contribution is 0.628. The Morgan fingerprint density at radius 3 is 2.56 bits per heavy atom. The van der Waals surface area contributed by atoms with E-state index in [1.54, 1.807) is 12.1 Å². The fraction of sp³-hybridized carbons (Fsp3) is 0.0667. The summed E-state index contributed by atoms with van der Waals surface area (Å²) in [4.78, 5) is 0. The molecule has 2 aromatic carbocycles. The summed E-state index contributed by atoms with van der Waals surface area (Å²) < 4.78 is 13.4. The average Bonchev–Trinajstić information content (AvgIpc) is 2.28. The normalized spacial score (nSPS) is 10.1. The molecule has 0 spiro atoms. The molecule has 0 N–H and O–H groups in total. The highest BCUT2D eigenvalue weighted by molar-refractivity contribution is 5.70. The van der Waals surface area contributed by atoms with Crippen LogP contribution in [0, 0.1) is 12.7 Å². The largest absolute Gasteiger partial charge is 0.207 e. The number of hydrogen-bond acceptors (Lipinski definition) is 0. The Hall–Kier alpha value is -1.89. The van der Waals surface area contributed by atoms with Crippen molar-refractivity contribution in [1.82, 2.24) is 0 Å². The van der Waals surface area contributed by atoms with Gasteiger partial charge >= 0.3 is 0 Å². The summed E-state index contributed by atoms with van der Waals surface area (Å²) in [5, 5.41) is 0. The topological polar surface area (TPSA) is 0 Å². The maximum atomic E-state index is 13.4. The van der Waals surface area contributed by atoms with Crippen LogP contribution in [-0.4, -0.2) is 0 Å². The van der Waals surface area contributed by atoms with Gasteiger partial charge in [-0.2, -0.15) is 0 Å². The lowest BCUT2D eigenvalue weighted by atomic mass is 9.99. The minimum absolute atomic E-state index is 0.226. The van der Waals surface area contributed by atoms with Crippen LogP contribution in [0.2, 0.25) is 0 Å². The summed E-state index contributed by atoms with van der Waals surface area (Å²) in [6, 6.07) is 12.9. The van der Waals surface area contributed by atoms with Crippen LogP contribution in [0.1, 0.15) is 11.1 Å². The molecule has 0 unspecified atom stereocenters. The molecule has 0 saturated carbocycles. The van der Waals surface area contributed by atoms with E-state index >= 15 is 0 Å². The maximum Gasteiger partial charge on any atom is 0.124 e. The van der Waals surface area contributed by atoms with Gasteiger partial charge < -0.3 is 0 Å². The monoisotopic (exact) mass is 212 g/mol. The predicted octanol–water partition coefficient (Wildman–Crippen LogP) is 4.44. The van der Waals surface area contributed by atoms with Gasteiger partial charge in [0.15, 0.2) is 0 Å². The zero-order valence-electron chi connectivity index (χ0n) is 9.20. The standard InChI is InChI=1S/C15H13F/c1-3-12-8-13(10-14(16)9-12)15-7-5-4-6-11(15)2/h3-10H,1H2,2H3. The Balaban J connectivity index is 2.60. The Labute approximate surface area is 95.1 Å². The van der Waals surface area contributed by atoms with Crippen LogP contribution in [0.3, 0.4) is 0 Å².